The third-order valence-electron chi connectivity index (χ3n) is 4.16. The van der Waals surface area contributed by atoms with Gasteiger partial charge in [-0.15, -0.1) is 0 Å². The Morgan fingerprint density at radius 3 is 2.73 bits per heavy atom. The normalized spacial score (nSPS) is 24.5. The van der Waals surface area contributed by atoms with Gasteiger partial charge in [-0.1, -0.05) is 11.6 Å². The number of nitrogens with zero attached hydrogens (tertiary/aromatic N) is 1. The summed E-state index contributed by atoms with van der Waals surface area (Å²) in [5.41, 5.74) is 2.11. The zero-order valence-electron chi connectivity index (χ0n) is 12.0. The quantitative estimate of drug-likeness (QED) is 0.634. The first-order valence-electron chi connectivity index (χ1n) is 7.36. The lowest BCUT2D eigenvalue weighted by Crippen LogP contribution is -2.37. The Balaban J connectivity index is 1.93. The molecule has 0 aromatic carbocycles. The van der Waals surface area contributed by atoms with E-state index in [4.69, 9.17) is 11.6 Å². The van der Waals surface area contributed by atoms with Gasteiger partial charge in [0.25, 0.3) is 0 Å². The summed E-state index contributed by atoms with van der Waals surface area (Å²) in [4.78, 5) is 15.8. The molecule has 1 aliphatic carbocycles. The summed E-state index contributed by atoms with van der Waals surface area (Å²) in [5.74, 6) is -0.974. The molecule has 0 radical (unpaired) electrons. The number of aromatic nitrogens is 1. The van der Waals surface area contributed by atoms with Crippen LogP contribution >= 0.6 is 11.6 Å². The van der Waals surface area contributed by atoms with E-state index in [0.29, 0.717) is 16.5 Å². The summed E-state index contributed by atoms with van der Waals surface area (Å²) < 4.78 is 0. The van der Waals surface area contributed by atoms with E-state index in [1.54, 1.807) is 12.1 Å². The maximum absolute atomic E-state index is 11.5. The number of carboxylic acid groups (broad SMARTS) is 1. The summed E-state index contributed by atoms with van der Waals surface area (Å²) >= 11 is 5.96. The highest BCUT2D eigenvalue weighted by Crippen LogP contribution is 2.31. The average molecular weight is 324 g/mol. The zero-order chi connectivity index (χ0) is 15.7. The standard InChI is InChI=1S/C15H18ClN3O3/c16-12-6-5-11-14(19-12)13(10(7-17-11)15(21)22)18-8-1-3-9(20)4-2-8/h5-6,8-9,17-18,20H,1-4,7H2,(H,21,22)/t8-,9-. The van der Waals surface area contributed by atoms with Crippen LogP contribution in [0, 0.1) is 0 Å². The minimum absolute atomic E-state index is 0.138. The zero-order valence-corrected chi connectivity index (χ0v) is 12.7. The molecule has 2 aliphatic rings. The highest BCUT2D eigenvalue weighted by atomic mass is 35.5. The van der Waals surface area contributed by atoms with Crippen molar-refractivity contribution in [3.63, 3.8) is 0 Å². The van der Waals surface area contributed by atoms with Crippen molar-refractivity contribution in [2.75, 3.05) is 11.9 Å². The van der Waals surface area contributed by atoms with E-state index in [2.05, 4.69) is 15.6 Å². The molecule has 0 amide bonds. The van der Waals surface area contributed by atoms with Crippen molar-refractivity contribution in [1.29, 1.82) is 0 Å². The topological polar surface area (TPSA) is 94.5 Å². The Labute approximate surface area is 133 Å². The maximum Gasteiger partial charge on any atom is 0.335 e. The van der Waals surface area contributed by atoms with E-state index in [9.17, 15) is 15.0 Å². The van der Waals surface area contributed by atoms with Crippen LogP contribution in [0.4, 0.5) is 5.69 Å². The molecule has 0 bridgehead atoms. The molecule has 1 saturated carbocycles. The molecular weight excluding hydrogens is 306 g/mol. The van der Waals surface area contributed by atoms with Crippen molar-refractivity contribution in [2.24, 2.45) is 0 Å². The third-order valence-corrected chi connectivity index (χ3v) is 4.37. The second-order valence-electron chi connectivity index (χ2n) is 5.69. The van der Waals surface area contributed by atoms with Gasteiger partial charge in [-0.2, -0.15) is 0 Å². The number of pyridine rings is 1. The van der Waals surface area contributed by atoms with Crippen molar-refractivity contribution in [3.05, 3.63) is 28.6 Å². The third kappa shape index (κ3) is 3.03. The summed E-state index contributed by atoms with van der Waals surface area (Å²) in [6.07, 6.45) is 2.81. The number of hydrogen-bond acceptors (Lipinski definition) is 5. The highest BCUT2D eigenvalue weighted by Gasteiger charge is 2.28. The number of aliphatic carboxylic acids is 1. The van der Waals surface area contributed by atoms with Crippen molar-refractivity contribution in [1.82, 2.24) is 10.3 Å². The Kier molecular flexibility index (Phi) is 4.22. The molecule has 4 N–H and O–H groups in total. The molecule has 118 valence electrons. The van der Waals surface area contributed by atoms with Crippen molar-refractivity contribution >= 4 is 29.0 Å². The van der Waals surface area contributed by atoms with Gasteiger partial charge in [0.1, 0.15) is 10.8 Å². The number of carboxylic acids is 1. The molecule has 22 heavy (non-hydrogen) atoms. The van der Waals surface area contributed by atoms with Crippen LogP contribution in [0.1, 0.15) is 31.4 Å². The van der Waals surface area contributed by atoms with E-state index in [1.807, 2.05) is 0 Å². The number of nitrogens with one attached hydrogen (secondary N) is 2. The molecular formula is C15H18ClN3O3. The first kappa shape index (κ1) is 15.1. The largest absolute Gasteiger partial charge is 0.478 e. The molecule has 2 heterocycles. The monoisotopic (exact) mass is 323 g/mol. The van der Waals surface area contributed by atoms with Crippen LogP contribution in [0.15, 0.2) is 17.7 Å². The number of aliphatic hydroxyl groups excluding tert-OH is 1. The first-order valence-corrected chi connectivity index (χ1v) is 7.74. The number of halogens is 1. The predicted molar refractivity (Wildman–Crippen MR) is 83.7 cm³/mol. The summed E-state index contributed by atoms with van der Waals surface area (Å²) in [7, 11) is 0. The van der Waals surface area contributed by atoms with E-state index < -0.39 is 5.97 Å². The Morgan fingerprint density at radius 2 is 2.05 bits per heavy atom. The average Bonchev–Trinajstić information content (AvgIpc) is 2.49. The van der Waals surface area contributed by atoms with Gasteiger partial charge in [-0.25, -0.2) is 9.78 Å². The highest BCUT2D eigenvalue weighted by molar-refractivity contribution is 6.29. The molecule has 6 nitrogen and oxygen atoms in total. The van der Waals surface area contributed by atoms with Gasteiger partial charge in [0.2, 0.25) is 0 Å². The molecule has 3 rings (SSSR count). The fourth-order valence-electron chi connectivity index (χ4n) is 2.95. The van der Waals surface area contributed by atoms with Gasteiger partial charge in [-0.05, 0) is 37.8 Å². The molecule has 0 unspecified atom stereocenters. The second kappa shape index (κ2) is 6.14. The van der Waals surface area contributed by atoms with Crippen LogP contribution < -0.4 is 10.6 Å². The Morgan fingerprint density at radius 1 is 1.32 bits per heavy atom. The molecule has 1 fully saturated rings. The van der Waals surface area contributed by atoms with Crippen LogP contribution in [0.5, 0.6) is 0 Å². The van der Waals surface area contributed by atoms with Gasteiger partial charge >= 0.3 is 5.97 Å². The lowest BCUT2D eigenvalue weighted by atomic mass is 9.92. The van der Waals surface area contributed by atoms with Crippen molar-refractivity contribution in [2.45, 2.75) is 37.8 Å². The van der Waals surface area contributed by atoms with Crippen LogP contribution in [-0.4, -0.2) is 39.9 Å². The lowest BCUT2D eigenvalue weighted by molar-refractivity contribution is -0.132. The number of carbonyl (C=O) groups is 1. The van der Waals surface area contributed by atoms with Crippen molar-refractivity contribution in [3.8, 4) is 0 Å². The summed E-state index contributed by atoms with van der Waals surface area (Å²) in [6, 6.07) is 3.61. The van der Waals surface area contributed by atoms with E-state index in [-0.39, 0.29) is 24.3 Å². The lowest BCUT2D eigenvalue weighted by Gasteiger charge is -2.31. The number of anilines is 1. The van der Waals surface area contributed by atoms with Crippen LogP contribution in [-0.2, 0) is 4.79 Å². The van der Waals surface area contributed by atoms with Crippen LogP contribution in [0.3, 0.4) is 0 Å². The molecule has 1 aliphatic heterocycles. The first-order chi connectivity index (χ1) is 10.5. The summed E-state index contributed by atoms with van der Waals surface area (Å²) in [6.45, 7) is 0.239. The fourth-order valence-corrected chi connectivity index (χ4v) is 3.09. The second-order valence-corrected chi connectivity index (χ2v) is 6.08. The van der Waals surface area contributed by atoms with E-state index in [1.165, 1.54) is 0 Å². The fraction of sp³-hybridized carbons (Fsp3) is 0.467. The van der Waals surface area contributed by atoms with Crippen LogP contribution in [0.2, 0.25) is 5.15 Å². The Bertz CT molecular complexity index is 624. The van der Waals surface area contributed by atoms with E-state index in [0.717, 1.165) is 31.4 Å². The van der Waals surface area contributed by atoms with E-state index >= 15 is 0 Å². The molecule has 7 heteroatoms. The predicted octanol–water partition coefficient (Wildman–Crippen LogP) is 1.85. The minimum Gasteiger partial charge on any atom is -0.478 e. The SMILES string of the molecule is O=C(O)C1=C(N[C@H]2CC[C@H](O)CC2)c2nc(Cl)ccc2NC1. The molecule has 0 spiro atoms. The van der Waals surface area contributed by atoms with Gasteiger partial charge in [0, 0.05) is 12.6 Å². The van der Waals surface area contributed by atoms with Gasteiger partial charge < -0.3 is 20.8 Å². The maximum atomic E-state index is 11.5. The number of hydrogen-bond donors (Lipinski definition) is 4. The van der Waals surface area contributed by atoms with Crippen molar-refractivity contribution < 1.29 is 15.0 Å². The smallest absolute Gasteiger partial charge is 0.335 e. The van der Waals surface area contributed by atoms with Gasteiger partial charge in [0.15, 0.2) is 0 Å². The molecule has 0 saturated heterocycles. The molecule has 1 aromatic rings. The Hall–Kier alpha value is -1.79. The minimum atomic E-state index is -0.974. The van der Waals surface area contributed by atoms with Gasteiger partial charge in [0.05, 0.1) is 23.1 Å². The number of rotatable bonds is 3. The summed E-state index contributed by atoms with van der Waals surface area (Å²) in [5, 5.41) is 25.7. The number of fused-ring (bicyclic) bond motifs is 1. The number of aliphatic hydroxyl groups is 1. The molecule has 1 aromatic heterocycles. The molecule has 0 atom stereocenters. The van der Waals surface area contributed by atoms with Gasteiger partial charge in [-0.3, -0.25) is 0 Å². The van der Waals surface area contributed by atoms with Crippen LogP contribution in [0.25, 0.3) is 5.70 Å².